The molecule has 110 valence electrons. The molecule has 2 aromatic rings. The van der Waals surface area contributed by atoms with Crippen LogP contribution in [-0.4, -0.2) is 23.8 Å². The molecule has 0 bridgehead atoms. The van der Waals surface area contributed by atoms with Gasteiger partial charge in [-0.3, -0.25) is 4.99 Å². The molecule has 0 fully saturated rings. The van der Waals surface area contributed by atoms with Gasteiger partial charge in [-0.1, -0.05) is 29.8 Å². The predicted octanol–water partition coefficient (Wildman–Crippen LogP) is 4.30. The lowest BCUT2D eigenvalue weighted by Crippen LogP contribution is -2.01. The Bertz CT molecular complexity index is 796. The monoisotopic (exact) mass is 313 g/mol. The van der Waals surface area contributed by atoms with Crippen molar-refractivity contribution in [2.75, 3.05) is 6.54 Å². The minimum Gasteiger partial charge on any atom is -0.478 e. The topological polar surface area (TPSA) is 58.9 Å². The maximum absolute atomic E-state index is 11.5. The van der Waals surface area contributed by atoms with Crippen LogP contribution in [0.5, 0.6) is 11.5 Å². The maximum Gasteiger partial charge on any atom is 0.339 e. The van der Waals surface area contributed by atoms with Crippen molar-refractivity contribution in [1.82, 2.24) is 0 Å². The van der Waals surface area contributed by atoms with Gasteiger partial charge in [-0.2, -0.15) is 0 Å². The second-order valence-corrected chi connectivity index (χ2v) is 5.17. The number of carboxylic acid groups (broad SMARTS) is 1. The first-order valence-corrected chi connectivity index (χ1v) is 7.02. The first-order chi connectivity index (χ1) is 10.6. The lowest BCUT2D eigenvalue weighted by Gasteiger charge is -2.10. The van der Waals surface area contributed by atoms with Gasteiger partial charge in [0.25, 0.3) is 0 Å². The molecule has 1 aliphatic heterocycles. The first kappa shape index (κ1) is 14.4. The van der Waals surface area contributed by atoms with Gasteiger partial charge in [0, 0.05) is 11.2 Å². The number of benzene rings is 2. The van der Waals surface area contributed by atoms with E-state index in [1.54, 1.807) is 42.6 Å². The molecule has 0 aliphatic carbocycles. The van der Waals surface area contributed by atoms with Crippen LogP contribution in [0.1, 0.15) is 15.9 Å². The number of hydrogen-bond acceptors (Lipinski definition) is 3. The highest BCUT2D eigenvalue weighted by Gasteiger charge is 2.15. The summed E-state index contributed by atoms with van der Waals surface area (Å²) < 4.78 is 5.65. The lowest BCUT2D eigenvalue weighted by atomic mass is 10.0. The zero-order chi connectivity index (χ0) is 15.5. The van der Waals surface area contributed by atoms with Crippen molar-refractivity contribution < 1.29 is 14.6 Å². The summed E-state index contributed by atoms with van der Waals surface area (Å²) in [4.78, 5) is 15.6. The fourth-order valence-corrected chi connectivity index (χ4v) is 2.35. The standard InChI is InChI=1S/C17H12ClNO3/c18-13-2-1-3-14(9-13)22-16-5-4-11(8-15(16)17(20)21)12-6-7-19-10-12/h1-6,8-10H,7H2,(H,20,21). The van der Waals surface area contributed by atoms with E-state index in [1.165, 1.54) is 0 Å². The van der Waals surface area contributed by atoms with Crippen LogP contribution < -0.4 is 4.74 Å². The van der Waals surface area contributed by atoms with Crippen molar-refractivity contribution in [3.05, 3.63) is 64.7 Å². The molecule has 4 nitrogen and oxygen atoms in total. The number of carboxylic acids is 1. The largest absolute Gasteiger partial charge is 0.478 e. The minimum absolute atomic E-state index is 0.0960. The number of allylic oxidation sites excluding steroid dienone is 1. The zero-order valence-corrected chi connectivity index (χ0v) is 12.2. The van der Waals surface area contributed by atoms with Crippen LogP contribution in [0.15, 0.2) is 53.5 Å². The van der Waals surface area contributed by atoms with Crippen LogP contribution >= 0.6 is 11.6 Å². The van der Waals surface area contributed by atoms with E-state index in [0.717, 1.165) is 11.1 Å². The summed E-state index contributed by atoms with van der Waals surface area (Å²) >= 11 is 5.91. The molecular formula is C17H12ClNO3. The fourth-order valence-electron chi connectivity index (χ4n) is 2.17. The Hall–Kier alpha value is -2.59. The van der Waals surface area contributed by atoms with Crippen LogP contribution in [0, 0.1) is 0 Å². The van der Waals surface area contributed by atoms with Gasteiger partial charge in [0.15, 0.2) is 0 Å². The van der Waals surface area contributed by atoms with Gasteiger partial charge in [0.1, 0.15) is 17.1 Å². The number of aliphatic imine (C=N–C) groups is 1. The molecular weight excluding hydrogens is 302 g/mol. The minimum atomic E-state index is -1.05. The average molecular weight is 314 g/mol. The average Bonchev–Trinajstić information content (AvgIpc) is 3.01. The number of carbonyl (C=O) groups is 1. The Morgan fingerprint density at radius 2 is 2.09 bits per heavy atom. The Kier molecular flexibility index (Phi) is 3.94. The van der Waals surface area contributed by atoms with E-state index >= 15 is 0 Å². The summed E-state index contributed by atoms with van der Waals surface area (Å²) in [5, 5.41) is 9.93. The SMILES string of the molecule is O=C(O)c1cc(C2=CCN=C2)ccc1Oc1cccc(Cl)c1. The van der Waals surface area contributed by atoms with Gasteiger partial charge in [-0.25, -0.2) is 4.79 Å². The molecule has 0 spiro atoms. The zero-order valence-electron chi connectivity index (χ0n) is 11.5. The molecule has 1 N–H and O–H groups in total. The molecule has 0 unspecified atom stereocenters. The van der Waals surface area contributed by atoms with Gasteiger partial charge in [-0.05, 0) is 41.5 Å². The number of nitrogens with zero attached hydrogens (tertiary/aromatic N) is 1. The van der Waals surface area contributed by atoms with Crippen LogP contribution in [0.25, 0.3) is 5.57 Å². The van der Waals surface area contributed by atoms with Crippen LogP contribution in [0.2, 0.25) is 5.02 Å². The van der Waals surface area contributed by atoms with E-state index < -0.39 is 5.97 Å². The van der Waals surface area contributed by atoms with E-state index in [4.69, 9.17) is 16.3 Å². The summed E-state index contributed by atoms with van der Waals surface area (Å²) in [6.45, 7) is 0.624. The third-order valence-electron chi connectivity index (χ3n) is 3.21. The van der Waals surface area contributed by atoms with Crippen molar-refractivity contribution in [1.29, 1.82) is 0 Å². The molecule has 0 saturated heterocycles. The van der Waals surface area contributed by atoms with Crippen molar-refractivity contribution in [2.45, 2.75) is 0 Å². The molecule has 0 saturated carbocycles. The lowest BCUT2D eigenvalue weighted by molar-refractivity contribution is 0.0694. The molecule has 3 rings (SSSR count). The van der Waals surface area contributed by atoms with Crippen molar-refractivity contribution in [2.24, 2.45) is 4.99 Å². The molecule has 0 amide bonds. The number of aromatic carboxylic acids is 1. The number of halogens is 1. The van der Waals surface area contributed by atoms with Gasteiger partial charge in [0.2, 0.25) is 0 Å². The summed E-state index contributed by atoms with van der Waals surface area (Å²) in [5.74, 6) is -0.284. The molecule has 1 heterocycles. The number of rotatable bonds is 4. The summed E-state index contributed by atoms with van der Waals surface area (Å²) in [6.07, 6.45) is 3.68. The molecule has 0 atom stereocenters. The normalized spacial score (nSPS) is 13.0. The highest BCUT2D eigenvalue weighted by atomic mass is 35.5. The molecule has 2 aromatic carbocycles. The van der Waals surface area contributed by atoms with E-state index in [0.29, 0.717) is 17.3 Å². The van der Waals surface area contributed by atoms with Crippen LogP contribution in [0.4, 0.5) is 0 Å². The number of ether oxygens (including phenoxy) is 1. The van der Waals surface area contributed by atoms with E-state index in [1.807, 2.05) is 12.1 Å². The predicted molar refractivity (Wildman–Crippen MR) is 86.3 cm³/mol. The van der Waals surface area contributed by atoms with Gasteiger partial charge in [-0.15, -0.1) is 0 Å². The fraction of sp³-hybridized carbons (Fsp3) is 0.0588. The number of hydrogen-bond donors (Lipinski definition) is 1. The Morgan fingerprint density at radius 3 is 2.77 bits per heavy atom. The van der Waals surface area contributed by atoms with Crippen molar-refractivity contribution >= 4 is 29.4 Å². The Labute approximate surface area is 132 Å². The summed E-state index contributed by atoms with van der Waals surface area (Å²) in [5.41, 5.74) is 1.81. The second-order valence-electron chi connectivity index (χ2n) is 4.73. The highest BCUT2D eigenvalue weighted by Crippen LogP contribution is 2.30. The maximum atomic E-state index is 11.5. The summed E-state index contributed by atoms with van der Waals surface area (Å²) in [6, 6.07) is 11.9. The molecule has 0 radical (unpaired) electrons. The molecule has 0 aromatic heterocycles. The third-order valence-corrected chi connectivity index (χ3v) is 3.45. The van der Waals surface area contributed by atoms with Gasteiger partial charge in [0.05, 0.1) is 6.54 Å². The Morgan fingerprint density at radius 1 is 1.23 bits per heavy atom. The quantitative estimate of drug-likeness (QED) is 0.915. The molecule has 5 heteroatoms. The molecule has 1 aliphatic rings. The third kappa shape index (κ3) is 3.02. The molecule has 22 heavy (non-hydrogen) atoms. The van der Waals surface area contributed by atoms with E-state index in [2.05, 4.69) is 4.99 Å². The van der Waals surface area contributed by atoms with E-state index in [9.17, 15) is 9.90 Å². The van der Waals surface area contributed by atoms with Gasteiger partial charge >= 0.3 is 5.97 Å². The smallest absolute Gasteiger partial charge is 0.339 e. The summed E-state index contributed by atoms with van der Waals surface area (Å²) in [7, 11) is 0. The van der Waals surface area contributed by atoms with Crippen molar-refractivity contribution in [3.8, 4) is 11.5 Å². The van der Waals surface area contributed by atoms with Crippen molar-refractivity contribution in [3.63, 3.8) is 0 Å². The van der Waals surface area contributed by atoms with Crippen LogP contribution in [-0.2, 0) is 0 Å². The van der Waals surface area contributed by atoms with Gasteiger partial charge < -0.3 is 9.84 Å². The van der Waals surface area contributed by atoms with E-state index in [-0.39, 0.29) is 11.3 Å². The van der Waals surface area contributed by atoms with Crippen LogP contribution in [0.3, 0.4) is 0 Å². The second kappa shape index (κ2) is 6.03. The first-order valence-electron chi connectivity index (χ1n) is 6.64. The highest BCUT2D eigenvalue weighted by molar-refractivity contribution is 6.30. The Balaban J connectivity index is 1.97.